The zero-order valence-electron chi connectivity index (χ0n) is 18.9. The van der Waals surface area contributed by atoms with Gasteiger partial charge in [-0.25, -0.2) is 0 Å². The Bertz CT molecular complexity index is 1200. The molecule has 1 saturated heterocycles. The van der Waals surface area contributed by atoms with E-state index in [0.29, 0.717) is 29.3 Å². The van der Waals surface area contributed by atoms with Crippen LogP contribution in [0.4, 0.5) is 5.69 Å². The summed E-state index contributed by atoms with van der Waals surface area (Å²) >= 11 is 0. The number of anilines is 1. The lowest BCUT2D eigenvalue weighted by Crippen LogP contribution is -2.30. The van der Waals surface area contributed by atoms with Crippen molar-refractivity contribution in [3.8, 4) is 5.75 Å². The van der Waals surface area contributed by atoms with Crippen molar-refractivity contribution in [1.29, 1.82) is 0 Å². The van der Waals surface area contributed by atoms with E-state index in [1.165, 1.54) is 4.90 Å². The summed E-state index contributed by atoms with van der Waals surface area (Å²) in [7, 11) is 0. The number of aryl methyl sites for hydroxylation is 2. The molecule has 2 aromatic carbocycles. The first kappa shape index (κ1) is 22.3. The highest BCUT2D eigenvalue weighted by molar-refractivity contribution is 6.51. The molecule has 168 valence electrons. The Morgan fingerprint density at radius 2 is 1.73 bits per heavy atom. The number of aromatic nitrogens is 1. The largest absolute Gasteiger partial charge is 0.507 e. The van der Waals surface area contributed by atoms with Gasteiger partial charge >= 0.3 is 0 Å². The highest BCUT2D eigenvalue weighted by atomic mass is 16.5. The smallest absolute Gasteiger partial charge is 0.300 e. The summed E-state index contributed by atoms with van der Waals surface area (Å²) < 4.78 is 5.60. The molecule has 1 atom stereocenters. The van der Waals surface area contributed by atoms with Crippen LogP contribution in [0.1, 0.15) is 41.8 Å². The second-order valence-corrected chi connectivity index (χ2v) is 8.14. The van der Waals surface area contributed by atoms with E-state index in [1.54, 1.807) is 48.7 Å². The van der Waals surface area contributed by atoms with Gasteiger partial charge < -0.3 is 9.84 Å². The van der Waals surface area contributed by atoms with Crippen molar-refractivity contribution in [3.63, 3.8) is 0 Å². The van der Waals surface area contributed by atoms with E-state index in [-0.39, 0.29) is 11.3 Å². The molecule has 0 saturated carbocycles. The lowest BCUT2D eigenvalue weighted by Gasteiger charge is -2.25. The monoisotopic (exact) mass is 442 g/mol. The molecule has 1 aliphatic heterocycles. The number of aliphatic hydroxyl groups is 1. The minimum Gasteiger partial charge on any atom is -0.507 e. The van der Waals surface area contributed by atoms with Crippen LogP contribution in [0, 0.1) is 13.8 Å². The fraction of sp³-hybridized carbons (Fsp3) is 0.222. The number of amides is 1. The van der Waals surface area contributed by atoms with Gasteiger partial charge in [0.25, 0.3) is 11.7 Å². The van der Waals surface area contributed by atoms with E-state index in [4.69, 9.17) is 4.74 Å². The molecule has 1 amide bonds. The summed E-state index contributed by atoms with van der Waals surface area (Å²) in [5.41, 5.74) is 3.47. The molecule has 0 aliphatic carbocycles. The maximum Gasteiger partial charge on any atom is 0.300 e. The van der Waals surface area contributed by atoms with Crippen molar-refractivity contribution in [1.82, 2.24) is 4.98 Å². The van der Waals surface area contributed by atoms with Gasteiger partial charge in [0.1, 0.15) is 17.6 Å². The molecule has 0 radical (unpaired) electrons. The quantitative estimate of drug-likeness (QED) is 0.326. The molecule has 1 fully saturated rings. The van der Waals surface area contributed by atoms with Gasteiger partial charge in [-0.2, -0.15) is 0 Å². The Labute approximate surface area is 193 Å². The molecular formula is C27H26N2O4. The van der Waals surface area contributed by atoms with Gasteiger partial charge in [-0.1, -0.05) is 19.1 Å². The van der Waals surface area contributed by atoms with E-state index in [2.05, 4.69) is 4.98 Å². The van der Waals surface area contributed by atoms with Crippen molar-refractivity contribution < 1.29 is 19.4 Å². The van der Waals surface area contributed by atoms with Crippen LogP contribution >= 0.6 is 0 Å². The Balaban J connectivity index is 1.85. The first-order valence-corrected chi connectivity index (χ1v) is 10.9. The lowest BCUT2D eigenvalue weighted by molar-refractivity contribution is -0.132. The summed E-state index contributed by atoms with van der Waals surface area (Å²) in [6.07, 6.45) is 2.49. The van der Waals surface area contributed by atoms with Crippen LogP contribution in [0.5, 0.6) is 5.75 Å². The molecule has 3 aromatic rings. The lowest BCUT2D eigenvalue weighted by atomic mass is 9.98. The highest BCUT2D eigenvalue weighted by Crippen LogP contribution is 2.42. The number of ketones is 1. The topological polar surface area (TPSA) is 79.7 Å². The molecule has 1 aliphatic rings. The molecule has 1 unspecified atom stereocenters. The zero-order valence-corrected chi connectivity index (χ0v) is 18.9. The van der Waals surface area contributed by atoms with Crippen LogP contribution < -0.4 is 9.64 Å². The number of hydrogen-bond acceptors (Lipinski definition) is 5. The average Bonchev–Trinajstić information content (AvgIpc) is 3.08. The molecule has 0 spiro atoms. The Morgan fingerprint density at radius 1 is 1.03 bits per heavy atom. The number of ether oxygens (including phenoxy) is 1. The number of Topliss-reactive ketones (excluding diaryl/α,β-unsaturated/α-hetero) is 1. The molecule has 33 heavy (non-hydrogen) atoms. The SMILES string of the molecule is CCCOc1ccc(/C(O)=C2\C(=O)C(=O)N(c3cc(C)cc(C)c3)C2c2ccccn2)cc1. The van der Waals surface area contributed by atoms with Crippen molar-refractivity contribution in [2.24, 2.45) is 0 Å². The van der Waals surface area contributed by atoms with Gasteiger partial charge in [0, 0.05) is 17.4 Å². The maximum atomic E-state index is 13.2. The highest BCUT2D eigenvalue weighted by Gasteiger charge is 2.47. The van der Waals surface area contributed by atoms with Crippen molar-refractivity contribution in [3.05, 3.63) is 94.8 Å². The molecule has 1 N–H and O–H groups in total. The zero-order chi connectivity index (χ0) is 23.5. The number of nitrogens with zero attached hydrogens (tertiary/aromatic N) is 2. The summed E-state index contributed by atoms with van der Waals surface area (Å²) in [5, 5.41) is 11.2. The Kier molecular flexibility index (Phi) is 6.27. The van der Waals surface area contributed by atoms with Crippen LogP contribution in [0.2, 0.25) is 0 Å². The second kappa shape index (κ2) is 9.28. The van der Waals surface area contributed by atoms with Gasteiger partial charge in [0.05, 0.1) is 17.9 Å². The Morgan fingerprint density at radius 3 is 2.33 bits per heavy atom. The van der Waals surface area contributed by atoms with Crippen LogP contribution in [-0.2, 0) is 9.59 Å². The summed E-state index contributed by atoms with van der Waals surface area (Å²) in [6, 6.07) is 17.0. The first-order chi connectivity index (χ1) is 15.9. The fourth-order valence-corrected chi connectivity index (χ4v) is 4.09. The van der Waals surface area contributed by atoms with Crippen molar-refractivity contribution in [2.75, 3.05) is 11.5 Å². The summed E-state index contributed by atoms with van der Waals surface area (Å²) in [5.74, 6) is -1.00. The summed E-state index contributed by atoms with van der Waals surface area (Å²) in [6.45, 7) is 6.48. The number of benzene rings is 2. The molecule has 6 heteroatoms. The van der Waals surface area contributed by atoms with Crippen LogP contribution in [-0.4, -0.2) is 28.4 Å². The van der Waals surface area contributed by atoms with Gasteiger partial charge in [-0.3, -0.25) is 19.5 Å². The van der Waals surface area contributed by atoms with Crippen LogP contribution in [0.25, 0.3) is 5.76 Å². The number of carbonyl (C=O) groups excluding carboxylic acids is 2. The van der Waals surface area contributed by atoms with E-state index in [0.717, 1.165) is 17.5 Å². The summed E-state index contributed by atoms with van der Waals surface area (Å²) in [4.78, 5) is 32.3. The molecular weight excluding hydrogens is 416 g/mol. The minimum absolute atomic E-state index is 0.0140. The third kappa shape index (κ3) is 4.37. The predicted molar refractivity (Wildman–Crippen MR) is 127 cm³/mol. The molecule has 2 heterocycles. The normalized spacial score (nSPS) is 17.4. The van der Waals surface area contributed by atoms with Crippen molar-refractivity contribution in [2.45, 2.75) is 33.2 Å². The standard InChI is InChI=1S/C27H26N2O4/c1-4-13-33-21-10-8-19(9-11-21)25(30)23-24(22-7-5-6-12-28-22)29(27(32)26(23)31)20-15-17(2)14-18(3)16-20/h5-12,14-16,24,30H,4,13H2,1-3H3/b25-23+. The predicted octanol–water partition coefficient (Wildman–Crippen LogP) is 5.11. The van der Waals surface area contributed by atoms with Gasteiger partial charge in [-0.05, 0) is 79.9 Å². The minimum atomic E-state index is -0.844. The average molecular weight is 443 g/mol. The fourth-order valence-electron chi connectivity index (χ4n) is 4.09. The molecule has 0 bridgehead atoms. The van der Waals surface area contributed by atoms with Crippen LogP contribution in [0.15, 0.2) is 72.4 Å². The number of pyridine rings is 1. The van der Waals surface area contributed by atoms with E-state index >= 15 is 0 Å². The van der Waals surface area contributed by atoms with Gasteiger partial charge in [0.2, 0.25) is 0 Å². The molecule has 4 rings (SSSR count). The third-order valence-electron chi connectivity index (χ3n) is 5.50. The molecule has 6 nitrogen and oxygen atoms in total. The van der Waals surface area contributed by atoms with Gasteiger partial charge in [0.15, 0.2) is 0 Å². The number of aliphatic hydroxyl groups excluding tert-OH is 1. The maximum absolute atomic E-state index is 13.2. The number of carbonyl (C=O) groups is 2. The Hall–Kier alpha value is -3.93. The second-order valence-electron chi connectivity index (χ2n) is 8.14. The third-order valence-corrected chi connectivity index (χ3v) is 5.50. The molecule has 1 aromatic heterocycles. The van der Waals surface area contributed by atoms with E-state index in [9.17, 15) is 14.7 Å². The first-order valence-electron chi connectivity index (χ1n) is 10.9. The number of hydrogen-bond donors (Lipinski definition) is 1. The van der Waals surface area contributed by atoms with Crippen molar-refractivity contribution >= 4 is 23.1 Å². The van der Waals surface area contributed by atoms with E-state index < -0.39 is 17.7 Å². The van der Waals surface area contributed by atoms with Gasteiger partial charge in [-0.15, -0.1) is 0 Å². The number of rotatable bonds is 6. The van der Waals surface area contributed by atoms with Crippen LogP contribution in [0.3, 0.4) is 0 Å². The van der Waals surface area contributed by atoms with E-state index in [1.807, 2.05) is 39.0 Å².